The highest BCUT2D eigenvalue weighted by Crippen LogP contribution is 2.22. The third-order valence-electron chi connectivity index (χ3n) is 3.82. The molecule has 0 aliphatic heterocycles. The van der Waals surface area contributed by atoms with Gasteiger partial charge in [-0.3, -0.25) is 9.59 Å². The summed E-state index contributed by atoms with van der Waals surface area (Å²) in [6.07, 6.45) is 2.03. The van der Waals surface area contributed by atoms with Gasteiger partial charge in [-0.1, -0.05) is 30.7 Å². The molecular formula is C20H21ClFN3O3. The quantitative estimate of drug-likeness (QED) is 0.421. The topological polar surface area (TPSA) is 79.8 Å². The zero-order chi connectivity index (χ0) is 20.5. The number of ether oxygens (including phenoxy) is 1. The van der Waals surface area contributed by atoms with Gasteiger partial charge in [-0.25, -0.2) is 9.82 Å². The summed E-state index contributed by atoms with van der Waals surface area (Å²) < 4.78 is 19.0. The van der Waals surface area contributed by atoms with E-state index >= 15 is 0 Å². The van der Waals surface area contributed by atoms with Crippen molar-refractivity contribution >= 4 is 29.6 Å². The molecule has 0 spiro atoms. The van der Waals surface area contributed by atoms with Gasteiger partial charge in [-0.15, -0.1) is 0 Å². The van der Waals surface area contributed by atoms with E-state index in [0.717, 1.165) is 0 Å². The molecule has 2 N–H and O–H groups in total. The standard InChI is InChI=1S/C20H21ClFN3O3/c1-3-13(2)24-19(26)20(27)25-23-11-15-10-16(21)7-8-18(15)28-12-14-5-4-6-17(22)9-14/h4-11,13H,3,12H2,1-2H3,(H,24,26)(H,25,27)/b23-11-/t13-/m0/s1. The number of nitrogens with one attached hydrogen (secondary N) is 2. The summed E-state index contributed by atoms with van der Waals surface area (Å²) in [6, 6.07) is 10.8. The average Bonchev–Trinajstić information content (AvgIpc) is 2.67. The molecule has 0 heterocycles. The minimum Gasteiger partial charge on any atom is -0.488 e. The second-order valence-electron chi connectivity index (χ2n) is 6.08. The molecule has 8 heteroatoms. The molecule has 1 atom stereocenters. The SMILES string of the molecule is CC[C@H](C)NC(=O)C(=O)N/N=C\c1cc(Cl)ccc1OCc1cccc(F)c1. The molecule has 0 bridgehead atoms. The van der Waals surface area contributed by atoms with Crippen molar-refractivity contribution in [2.75, 3.05) is 0 Å². The normalized spacial score (nSPS) is 11.9. The van der Waals surface area contributed by atoms with Crippen molar-refractivity contribution in [1.82, 2.24) is 10.7 Å². The zero-order valence-corrected chi connectivity index (χ0v) is 16.3. The van der Waals surface area contributed by atoms with Gasteiger partial charge in [0.2, 0.25) is 0 Å². The summed E-state index contributed by atoms with van der Waals surface area (Å²) in [4.78, 5) is 23.4. The van der Waals surface area contributed by atoms with Crippen molar-refractivity contribution in [3.8, 4) is 5.75 Å². The molecule has 0 unspecified atom stereocenters. The van der Waals surface area contributed by atoms with E-state index < -0.39 is 11.8 Å². The maximum atomic E-state index is 13.3. The molecule has 6 nitrogen and oxygen atoms in total. The lowest BCUT2D eigenvalue weighted by Gasteiger charge is -2.10. The first-order valence-electron chi connectivity index (χ1n) is 8.69. The molecular weight excluding hydrogens is 385 g/mol. The molecule has 2 aromatic rings. The lowest BCUT2D eigenvalue weighted by Crippen LogP contribution is -2.41. The van der Waals surface area contributed by atoms with Crippen LogP contribution in [0.3, 0.4) is 0 Å². The van der Waals surface area contributed by atoms with E-state index in [2.05, 4.69) is 15.8 Å². The lowest BCUT2D eigenvalue weighted by atomic mass is 10.2. The third kappa shape index (κ3) is 6.66. The van der Waals surface area contributed by atoms with Gasteiger partial charge in [0.1, 0.15) is 18.2 Å². The van der Waals surface area contributed by atoms with Gasteiger partial charge >= 0.3 is 11.8 Å². The number of amides is 2. The molecule has 0 aliphatic rings. The summed E-state index contributed by atoms with van der Waals surface area (Å²) in [5.74, 6) is -1.55. The number of hydrogen-bond donors (Lipinski definition) is 2. The van der Waals surface area contributed by atoms with Crippen LogP contribution in [0.15, 0.2) is 47.6 Å². The number of nitrogens with zero attached hydrogens (tertiary/aromatic N) is 1. The van der Waals surface area contributed by atoms with Crippen LogP contribution in [0.2, 0.25) is 5.02 Å². The summed E-state index contributed by atoms with van der Waals surface area (Å²) in [5, 5.41) is 6.77. The summed E-state index contributed by atoms with van der Waals surface area (Å²) in [5.41, 5.74) is 3.31. The number of carbonyl (C=O) groups is 2. The first-order valence-corrected chi connectivity index (χ1v) is 9.07. The first kappa shape index (κ1) is 21.4. The lowest BCUT2D eigenvalue weighted by molar-refractivity contribution is -0.139. The Morgan fingerprint density at radius 2 is 2.04 bits per heavy atom. The highest BCUT2D eigenvalue weighted by Gasteiger charge is 2.14. The monoisotopic (exact) mass is 405 g/mol. The van der Waals surface area contributed by atoms with E-state index in [1.165, 1.54) is 18.3 Å². The van der Waals surface area contributed by atoms with Crippen LogP contribution in [0.5, 0.6) is 5.75 Å². The molecule has 2 aromatic carbocycles. The predicted molar refractivity (Wildman–Crippen MR) is 106 cm³/mol. The second kappa shape index (κ2) is 10.4. The van der Waals surface area contributed by atoms with Gasteiger partial charge in [0, 0.05) is 16.6 Å². The number of carbonyl (C=O) groups excluding carboxylic acids is 2. The Kier molecular flexibility index (Phi) is 7.95. The van der Waals surface area contributed by atoms with Gasteiger partial charge < -0.3 is 10.1 Å². The van der Waals surface area contributed by atoms with Crippen LogP contribution < -0.4 is 15.5 Å². The number of benzene rings is 2. The average molecular weight is 406 g/mol. The van der Waals surface area contributed by atoms with Crippen LogP contribution in [0.4, 0.5) is 4.39 Å². The maximum Gasteiger partial charge on any atom is 0.329 e. The van der Waals surface area contributed by atoms with E-state index in [0.29, 0.717) is 28.3 Å². The molecule has 28 heavy (non-hydrogen) atoms. The molecule has 0 saturated heterocycles. The number of hydrazone groups is 1. The first-order chi connectivity index (χ1) is 13.4. The Morgan fingerprint density at radius 1 is 1.25 bits per heavy atom. The fourth-order valence-electron chi connectivity index (χ4n) is 2.14. The van der Waals surface area contributed by atoms with E-state index in [9.17, 15) is 14.0 Å². The van der Waals surface area contributed by atoms with Gasteiger partial charge in [-0.05, 0) is 49.2 Å². The highest BCUT2D eigenvalue weighted by molar-refractivity contribution is 6.35. The van der Waals surface area contributed by atoms with Crippen LogP contribution in [-0.2, 0) is 16.2 Å². The van der Waals surface area contributed by atoms with Gasteiger partial charge in [0.25, 0.3) is 0 Å². The summed E-state index contributed by atoms with van der Waals surface area (Å²) in [6.45, 7) is 3.83. The Hall–Kier alpha value is -2.93. The predicted octanol–water partition coefficient (Wildman–Crippen LogP) is 3.42. The van der Waals surface area contributed by atoms with Crippen LogP contribution in [-0.4, -0.2) is 24.1 Å². The molecule has 0 saturated carbocycles. The minimum atomic E-state index is -0.874. The van der Waals surface area contributed by atoms with E-state index in [-0.39, 0.29) is 18.5 Å². The van der Waals surface area contributed by atoms with Crippen molar-refractivity contribution in [1.29, 1.82) is 0 Å². The fraction of sp³-hybridized carbons (Fsp3) is 0.250. The van der Waals surface area contributed by atoms with Gasteiger partial charge in [-0.2, -0.15) is 5.10 Å². The van der Waals surface area contributed by atoms with Crippen molar-refractivity contribution < 1.29 is 18.7 Å². The molecule has 148 valence electrons. The Morgan fingerprint density at radius 3 is 2.75 bits per heavy atom. The van der Waals surface area contributed by atoms with Crippen LogP contribution >= 0.6 is 11.6 Å². The number of hydrogen-bond acceptors (Lipinski definition) is 4. The summed E-state index contributed by atoms with van der Waals surface area (Å²) >= 11 is 6.00. The van der Waals surface area contributed by atoms with E-state index in [1.807, 2.05) is 6.92 Å². The van der Waals surface area contributed by atoms with Crippen molar-refractivity contribution in [3.05, 3.63) is 64.4 Å². The van der Waals surface area contributed by atoms with Crippen molar-refractivity contribution in [2.45, 2.75) is 32.9 Å². The largest absolute Gasteiger partial charge is 0.488 e. The van der Waals surface area contributed by atoms with Gasteiger partial charge in [0.15, 0.2) is 0 Å². The molecule has 2 rings (SSSR count). The van der Waals surface area contributed by atoms with Crippen LogP contribution in [0.25, 0.3) is 0 Å². The number of halogens is 2. The Balaban J connectivity index is 2.02. The number of rotatable bonds is 7. The molecule has 0 radical (unpaired) electrons. The van der Waals surface area contributed by atoms with Crippen molar-refractivity contribution in [2.24, 2.45) is 5.10 Å². The molecule has 0 fully saturated rings. The second-order valence-corrected chi connectivity index (χ2v) is 6.52. The molecule has 0 aliphatic carbocycles. The maximum absolute atomic E-state index is 13.3. The van der Waals surface area contributed by atoms with E-state index in [1.54, 1.807) is 37.3 Å². The zero-order valence-electron chi connectivity index (χ0n) is 15.5. The summed E-state index contributed by atoms with van der Waals surface area (Å²) in [7, 11) is 0. The minimum absolute atomic E-state index is 0.113. The van der Waals surface area contributed by atoms with E-state index in [4.69, 9.17) is 16.3 Å². The van der Waals surface area contributed by atoms with Crippen molar-refractivity contribution in [3.63, 3.8) is 0 Å². The molecule has 2 amide bonds. The Labute approximate surface area is 167 Å². The molecule has 0 aromatic heterocycles. The fourth-order valence-corrected chi connectivity index (χ4v) is 2.32. The van der Waals surface area contributed by atoms with Crippen LogP contribution in [0.1, 0.15) is 31.4 Å². The Bertz CT molecular complexity index is 874. The van der Waals surface area contributed by atoms with Crippen LogP contribution in [0, 0.1) is 5.82 Å². The smallest absolute Gasteiger partial charge is 0.329 e. The van der Waals surface area contributed by atoms with Gasteiger partial charge in [0.05, 0.1) is 6.21 Å². The highest BCUT2D eigenvalue weighted by atomic mass is 35.5. The third-order valence-corrected chi connectivity index (χ3v) is 4.06.